The lowest BCUT2D eigenvalue weighted by Crippen LogP contribution is -2.03. The number of benzene rings is 1. The van der Waals surface area contributed by atoms with Crippen molar-refractivity contribution < 1.29 is 8.42 Å². The summed E-state index contributed by atoms with van der Waals surface area (Å²) in [4.78, 5) is 0. The normalized spacial score (nSPS) is 17.1. The van der Waals surface area contributed by atoms with Crippen LogP contribution in [0.25, 0.3) is 0 Å². The van der Waals surface area contributed by atoms with Crippen LogP contribution in [0.2, 0.25) is 0 Å². The van der Waals surface area contributed by atoms with Crippen LogP contribution in [0.3, 0.4) is 0 Å². The molecule has 0 aromatic heterocycles. The standard InChI is InChI=1S/C12H16.Cl2O2S/c1-3-7-11(8-4-1)12-9-5-2-6-10-12;1-5(2,3)4/h1,3-4,7-8,12H,2,5-6,9-10H2;. The predicted molar refractivity (Wildman–Crippen MR) is 72.9 cm³/mol. The number of rotatable bonds is 1. The van der Waals surface area contributed by atoms with Crippen LogP contribution in [0.4, 0.5) is 0 Å². The highest BCUT2D eigenvalue weighted by Crippen LogP contribution is 2.31. The Bertz CT molecular complexity index is 403. The highest BCUT2D eigenvalue weighted by molar-refractivity contribution is 8.31. The van der Waals surface area contributed by atoms with Crippen molar-refractivity contribution in [2.75, 3.05) is 0 Å². The maximum Gasteiger partial charge on any atom is 0.317 e. The third kappa shape index (κ3) is 7.63. The minimum absolute atomic E-state index is 0.861. The zero-order valence-electron chi connectivity index (χ0n) is 9.48. The van der Waals surface area contributed by atoms with Crippen molar-refractivity contribution in [3.8, 4) is 0 Å². The van der Waals surface area contributed by atoms with Crippen LogP contribution in [-0.4, -0.2) is 8.42 Å². The van der Waals surface area contributed by atoms with Gasteiger partial charge < -0.3 is 0 Å². The lowest BCUT2D eigenvalue weighted by Gasteiger charge is -2.21. The molecule has 1 aromatic carbocycles. The Hall–Kier alpha value is -0.250. The number of hydrogen-bond acceptors (Lipinski definition) is 2. The van der Waals surface area contributed by atoms with Crippen molar-refractivity contribution in [2.24, 2.45) is 0 Å². The van der Waals surface area contributed by atoms with Crippen molar-refractivity contribution in [1.82, 2.24) is 0 Å². The number of halogens is 2. The lowest BCUT2D eigenvalue weighted by atomic mass is 9.84. The molecular weight excluding hydrogens is 279 g/mol. The summed E-state index contributed by atoms with van der Waals surface area (Å²) in [6, 6.07) is 11.0. The molecule has 1 fully saturated rings. The summed E-state index contributed by atoms with van der Waals surface area (Å²) in [5.41, 5.74) is 1.55. The second kappa shape index (κ2) is 7.24. The molecule has 0 bridgehead atoms. The Morgan fingerprint density at radius 1 is 0.941 bits per heavy atom. The van der Waals surface area contributed by atoms with Gasteiger partial charge in [0, 0.05) is 21.4 Å². The van der Waals surface area contributed by atoms with Crippen LogP contribution in [0.1, 0.15) is 43.6 Å². The molecule has 0 saturated heterocycles. The fourth-order valence-electron chi connectivity index (χ4n) is 2.16. The summed E-state index contributed by atoms with van der Waals surface area (Å²) < 4.78 is 18.3. The van der Waals surface area contributed by atoms with E-state index in [0.29, 0.717) is 0 Å². The molecule has 0 radical (unpaired) electrons. The van der Waals surface area contributed by atoms with E-state index in [4.69, 9.17) is 8.42 Å². The van der Waals surface area contributed by atoms with Crippen LogP contribution in [-0.2, 0) is 8.26 Å². The lowest BCUT2D eigenvalue weighted by molar-refractivity contribution is 0.443. The minimum atomic E-state index is -3.72. The van der Waals surface area contributed by atoms with Gasteiger partial charge in [0.2, 0.25) is 0 Å². The maximum atomic E-state index is 9.16. The van der Waals surface area contributed by atoms with Gasteiger partial charge in [-0.25, -0.2) is 0 Å². The summed E-state index contributed by atoms with van der Waals surface area (Å²) in [7, 11) is 4.81. The Balaban J connectivity index is 0.000000249. The molecule has 0 aliphatic heterocycles. The Labute approximate surface area is 112 Å². The van der Waals surface area contributed by atoms with Gasteiger partial charge in [-0.05, 0) is 24.3 Å². The summed E-state index contributed by atoms with van der Waals surface area (Å²) in [6.07, 6.45) is 7.12. The van der Waals surface area contributed by atoms with Crippen molar-refractivity contribution >= 4 is 29.6 Å². The molecule has 0 unspecified atom stereocenters. The van der Waals surface area contributed by atoms with Gasteiger partial charge in [0.1, 0.15) is 0 Å². The molecular formula is C12H16Cl2O2S. The monoisotopic (exact) mass is 294 g/mol. The molecule has 1 aromatic rings. The van der Waals surface area contributed by atoms with Gasteiger partial charge in [0.25, 0.3) is 0 Å². The van der Waals surface area contributed by atoms with Gasteiger partial charge in [-0.3, -0.25) is 0 Å². The first kappa shape index (κ1) is 14.8. The van der Waals surface area contributed by atoms with Crippen molar-refractivity contribution in [3.63, 3.8) is 0 Å². The second-order valence-electron chi connectivity index (χ2n) is 4.12. The van der Waals surface area contributed by atoms with E-state index in [1.165, 1.54) is 32.1 Å². The fraction of sp³-hybridized carbons (Fsp3) is 0.500. The minimum Gasteiger partial charge on any atom is -0.195 e. The molecule has 96 valence electrons. The van der Waals surface area contributed by atoms with Crippen LogP contribution in [0.15, 0.2) is 30.3 Å². The zero-order valence-corrected chi connectivity index (χ0v) is 11.8. The summed E-state index contributed by atoms with van der Waals surface area (Å²) >= 11 is 0. The van der Waals surface area contributed by atoms with Gasteiger partial charge in [-0.15, -0.1) is 0 Å². The van der Waals surface area contributed by atoms with Crippen molar-refractivity contribution in [2.45, 2.75) is 38.0 Å². The molecule has 1 aliphatic carbocycles. The molecule has 1 saturated carbocycles. The molecule has 0 N–H and O–H groups in total. The van der Waals surface area contributed by atoms with Crippen molar-refractivity contribution in [3.05, 3.63) is 35.9 Å². The molecule has 17 heavy (non-hydrogen) atoms. The summed E-state index contributed by atoms with van der Waals surface area (Å²) in [5.74, 6) is 0.861. The predicted octanol–water partition coefficient (Wildman–Crippen LogP) is 4.44. The summed E-state index contributed by atoms with van der Waals surface area (Å²) in [5, 5.41) is 0. The fourth-order valence-corrected chi connectivity index (χ4v) is 2.16. The van der Waals surface area contributed by atoms with E-state index in [1.54, 1.807) is 5.56 Å². The number of hydrogen-bond donors (Lipinski definition) is 0. The average molecular weight is 295 g/mol. The van der Waals surface area contributed by atoms with Gasteiger partial charge in [-0.1, -0.05) is 49.6 Å². The van der Waals surface area contributed by atoms with Crippen LogP contribution in [0, 0.1) is 0 Å². The average Bonchev–Trinajstić information content (AvgIpc) is 2.29. The van der Waals surface area contributed by atoms with Crippen LogP contribution >= 0.6 is 21.4 Å². The third-order valence-electron chi connectivity index (χ3n) is 2.88. The Morgan fingerprint density at radius 2 is 1.41 bits per heavy atom. The molecule has 0 spiro atoms. The molecule has 0 amide bonds. The molecule has 0 heterocycles. The van der Waals surface area contributed by atoms with E-state index in [2.05, 4.69) is 51.7 Å². The van der Waals surface area contributed by atoms with E-state index in [0.717, 1.165) is 5.92 Å². The second-order valence-corrected chi connectivity index (χ2v) is 7.79. The first-order chi connectivity index (χ1) is 7.97. The Morgan fingerprint density at radius 3 is 1.88 bits per heavy atom. The molecule has 1 aliphatic rings. The van der Waals surface area contributed by atoms with Crippen LogP contribution < -0.4 is 0 Å². The van der Waals surface area contributed by atoms with E-state index >= 15 is 0 Å². The summed E-state index contributed by atoms with van der Waals surface area (Å²) in [6.45, 7) is 0. The van der Waals surface area contributed by atoms with Gasteiger partial charge >= 0.3 is 8.26 Å². The van der Waals surface area contributed by atoms with Crippen molar-refractivity contribution in [1.29, 1.82) is 0 Å². The Kier molecular flexibility index (Phi) is 6.31. The highest BCUT2D eigenvalue weighted by atomic mass is 36.0. The van der Waals surface area contributed by atoms with E-state index in [-0.39, 0.29) is 0 Å². The van der Waals surface area contributed by atoms with Crippen LogP contribution in [0.5, 0.6) is 0 Å². The first-order valence-electron chi connectivity index (χ1n) is 5.66. The quantitative estimate of drug-likeness (QED) is 0.718. The maximum absolute atomic E-state index is 9.16. The zero-order chi connectivity index (χ0) is 12.7. The van der Waals surface area contributed by atoms with Gasteiger partial charge in [-0.2, -0.15) is 8.42 Å². The molecule has 0 atom stereocenters. The topological polar surface area (TPSA) is 34.1 Å². The molecule has 2 nitrogen and oxygen atoms in total. The van der Waals surface area contributed by atoms with Gasteiger partial charge in [0.05, 0.1) is 0 Å². The third-order valence-corrected chi connectivity index (χ3v) is 2.88. The highest BCUT2D eigenvalue weighted by Gasteiger charge is 2.14. The van der Waals surface area contributed by atoms with E-state index in [1.807, 2.05) is 0 Å². The van der Waals surface area contributed by atoms with E-state index < -0.39 is 8.26 Å². The SMILES string of the molecule is O=S(=O)(Cl)Cl.c1ccc(C2CCCCC2)cc1. The van der Waals surface area contributed by atoms with E-state index in [9.17, 15) is 0 Å². The molecule has 5 heteroatoms. The first-order valence-corrected chi connectivity index (χ1v) is 8.79. The largest absolute Gasteiger partial charge is 0.317 e. The smallest absolute Gasteiger partial charge is 0.195 e. The van der Waals surface area contributed by atoms with Gasteiger partial charge in [0.15, 0.2) is 0 Å². The molecule has 2 rings (SSSR count).